The molecule has 8 nitrogen and oxygen atoms in total. The van der Waals surface area contributed by atoms with Crippen molar-refractivity contribution in [3.05, 3.63) is 59.4 Å². The molecule has 1 aliphatic heterocycles. The first kappa shape index (κ1) is 21.8. The number of unbranched alkanes of at least 4 members (excludes halogenated alkanes) is 4. The van der Waals surface area contributed by atoms with Crippen molar-refractivity contribution < 1.29 is 14.3 Å². The van der Waals surface area contributed by atoms with Crippen molar-refractivity contribution in [1.82, 2.24) is 20.6 Å². The maximum absolute atomic E-state index is 12.4. The molecular weight excluding hydrogens is 406 g/mol. The normalized spacial score (nSPS) is 14.8. The summed E-state index contributed by atoms with van der Waals surface area (Å²) in [6.07, 6.45) is 5.97. The molecule has 2 N–H and O–H groups in total. The summed E-state index contributed by atoms with van der Waals surface area (Å²) in [5.41, 5.74) is 2.68. The lowest BCUT2D eigenvalue weighted by atomic mass is 10.0. The molecule has 2 aromatic carbocycles. The minimum atomic E-state index is -0.420. The second-order valence-electron chi connectivity index (χ2n) is 7.96. The number of carbonyl (C=O) groups excluding carboxylic acids is 1. The summed E-state index contributed by atoms with van der Waals surface area (Å²) in [7, 11) is 0. The number of aromatic amines is 1. The number of fused-ring (bicyclic) bond motifs is 1. The van der Waals surface area contributed by atoms with Gasteiger partial charge >= 0.3 is 0 Å². The second-order valence-corrected chi connectivity index (χ2v) is 7.96. The molecule has 0 aliphatic carbocycles. The van der Waals surface area contributed by atoms with Gasteiger partial charge in [0.25, 0.3) is 0 Å². The van der Waals surface area contributed by atoms with Crippen LogP contribution < -0.4 is 14.8 Å². The Balaban J connectivity index is 1.33. The molecule has 0 spiro atoms. The molecular formula is C24H29N5O3. The highest BCUT2D eigenvalue weighted by molar-refractivity contribution is 5.96. The lowest BCUT2D eigenvalue weighted by Crippen LogP contribution is -2.23. The van der Waals surface area contributed by atoms with Gasteiger partial charge in [0.15, 0.2) is 23.4 Å². The van der Waals surface area contributed by atoms with Gasteiger partial charge < -0.3 is 14.8 Å². The van der Waals surface area contributed by atoms with E-state index in [1.54, 1.807) is 0 Å². The number of anilines is 1. The molecule has 1 aromatic heterocycles. The topological polar surface area (TPSA) is 102 Å². The summed E-state index contributed by atoms with van der Waals surface area (Å²) in [5.74, 6) is 1.98. The average molecular weight is 436 g/mol. The van der Waals surface area contributed by atoms with Crippen LogP contribution in [0.2, 0.25) is 0 Å². The van der Waals surface area contributed by atoms with E-state index in [1.165, 1.54) is 19.3 Å². The Morgan fingerprint density at radius 3 is 2.75 bits per heavy atom. The lowest BCUT2D eigenvalue weighted by molar-refractivity contribution is 0.0860. The Bertz CT molecular complexity index is 1000. The number of aromatic nitrogens is 4. The van der Waals surface area contributed by atoms with Gasteiger partial charge in [0.05, 0.1) is 5.69 Å². The zero-order chi connectivity index (χ0) is 22.2. The number of nitrogens with one attached hydrogen (secondary N) is 2. The van der Waals surface area contributed by atoms with Gasteiger partial charge in [-0.25, -0.2) is 0 Å². The van der Waals surface area contributed by atoms with Crippen molar-refractivity contribution in [2.24, 2.45) is 0 Å². The van der Waals surface area contributed by atoms with E-state index >= 15 is 0 Å². The van der Waals surface area contributed by atoms with Crippen molar-refractivity contribution in [2.75, 3.05) is 11.9 Å². The molecule has 2 heterocycles. The number of carbonyl (C=O) groups is 1. The average Bonchev–Trinajstić information content (AvgIpc) is 3.37. The number of tetrazole rings is 1. The van der Waals surface area contributed by atoms with Crippen LogP contribution in [0.1, 0.15) is 73.3 Å². The summed E-state index contributed by atoms with van der Waals surface area (Å²) in [5, 5.41) is 17.4. The van der Waals surface area contributed by atoms with Gasteiger partial charge in [-0.15, -0.1) is 10.2 Å². The molecule has 3 aromatic rings. The highest BCUT2D eigenvalue weighted by Crippen LogP contribution is 2.41. The summed E-state index contributed by atoms with van der Waals surface area (Å²) < 4.78 is 11.9. The number of para-hydroxylation sites is 1. The minimum absolute atomic E-state index is 0.219. The Kier molecular flexibility index (Phi) is 7.32. The first-order valence-electron chi connectivity index (χ1n) is 11.3. The fourth-order valence-corrected chi connectivity index (χ4v) is 3.70. The van der Waals surface area contributed by atoms with Gasteiger partial charge in [-0.3, -0.25) is 4.79 Å². The Hall–Kier alpha value is -3.42. The van der Waals surface area contributed by atoms with Crippen LogP contribution in [0.4, 0.5) is 5.69 Å². The van der Waals surface area contributed by atoms with E-state index in [1.807, 2.05) is 42.5 Å². The second kappa shape index (κ2) is 10.7. The molecule has 32 heavy (non-hydrogen) atoms. The van der Waals surface area contributed by atoms with Crippen molar-refractivity contribution in [2.45, 2.75) is 58.1 Å². The molecule has 1 aliphatic rings. The van der Waals surface area contributed by atoms with E-state index in [9.17, 15) is 4.79 Å². The highest BCUT2D eigenvalue weighted by atomic mass is 16.6. The number of Topliss-reactive ketones (excluding diaryl/α,β-unsaturated/α-hetero) is 1. The molecule has 1 unspecified atom stereocenters. The number of H-pyrrole nitrogens is 1. The number of ketones is 1. The van der Waals surface area contributed by atoms with E-state index in [4.69, 9.17) is 9.47 Å². The monoisotopic (exact) mass is 435 g/mol. The zero-order valence-corrected chi connectivity index (χ0v) is 18.3. The SMILES string of the molecule is CCCCCCCC(=O)c1ccc(CNc2cccc3c2OC(c2nn[nH]n2)CO3)cc1. The lowest BCUT2D eigenvalue weighted by Gasteiger charge is -2.26. The predicted molar refractivity (Wildman–Crippen MR) is 121 cm³/mol. The minimum Gasteiger partial charge on any atom is -0.485 e. The summed E-state index contributed by atoms with van der Waals surface area (Å²) in [6.45, 7) is 3.12. The third-order valence-electron chi connectivity index (χ3n) is 5.55. The summed E-state index contributed by atoms with van der Waals surface area (Å²) in [6, 6.07) is 13.5. The van der Waals surface area contributed by atoms with Gasteiger partial charge in [-0.1, -0.05) is 68.2 Å². The van der Waals surface area contributed by atoms with E-state index in [0.29, 0.717) is 36.9 Å². The van der Waals surface area contributed by atoms with Crippen LogP contribution in [0.15, 0.2) is 42.5 Å². The molecule has 0 fully saturated rings. The Labute approximate surface area is 187 Å². The maximum Gasteiger partial charge on any atom is 0.218 e. The van der Waals surface area contributed by atoms with Gasteiger partial charge in [0.2, 0.25) is 5.82 Å². The van der Waals surface area contributed by atoms with Crippen LogP contribution >= 0.6 is 0 Å². The van der Waals surface area contributed by atoms with E-state index < -0.39 is 6.10 Å². The highest BCUT2D eigenvalue weighted by Gasteiger charge is 2.27. The largest absolute Gasteiger partial charge is 0.485 e. The number of hydrogen-bond donors (Lipinski definition) is 2. The van der Waals surface area contributed by atoms with E-state index in [0.717, 1.165) is 29.7 Å². The number of hydrogen-bond acceptors (Lipinski definition) is 7. The van der Waals surface area contributed by atoms with Crippen LogP contribution in [0.5, 0.6) is 11.5 Å². The van der Waals surface area contributed by atoms with Crippen LogP contribution in [0.25, 0.3) is 0 Å². The summed E-state index contributed by atoms with van der Waals surface area (Å²) in [4.78, 5) is 12.4. The number of benzene rings is 2. The van der Waals surface area contributed by atoms with Crippen molar-refractivity contribution in [1.29, 1.82) is 0 Å². The molecule has 8 heteroatoms. The number of ether oxygens (including phenoxy) is 2. The molecule has 0 radical (unpaired) electrons. The Morgan fingerprint density at radius 2 is 1.97 bits per heavy atom. The molecule has 4 rings (SSSR count). The van der Waals surface area contributed by atoms with Crippen LogP contribution in [-0.4, -0.2) is 33.0 Å². The van der Waals surface area contributed by atoms with Crippen molar-refractivity contribution in [3.8, 4) is 11.5 Å². The fraction of sp³-hybridized carbons (Fsp3) is 0.417. The van der Waals surface area contributed by atoms with Gasteiger partial charge in [-0.2, -0.15) is 5.21 Å². The molecule has 0 saturated heterocycles. The molecule has 0 amide bonds. The third kappa shape index (κ3) is 5.43. The standard InChI is InChI=1S/C24H29N5O3/c1-2-3-4-5-6-9-20(30)18-13-11-17(12-14-18)15-25-19-8-7-10-21-23(19)32-22(16-31-21)24-26-28-29-27-24/h7-8,10-14,22,25H,2-6,9,15-16H2,1H3,(H,26,27,28,29). The van der Waals surface area contributed by atoms with Crippen LogP contribution in [0.3, 0.4) is 0 Å². The Morgan fingerprint density at radius 1 is 1.12 bits per heavy atom. The smallest absolute Gasteiger partial charge is 0.218 e. The third-order valence-corrected chi connectivity index (χ3v) is 5.55. The van der Waals surface area contributed by atoms with Gasteiger partial charge in [0, 0.05) is 18.5 Å². The first-order chi connectivity index (χ1) is 15.7. The first-order valence-corrected chi connectivity index (χ1v) is 11.3. The molecule has 168 valence electrons. The van der Waals surface area contributed by atoms with Gasteiger partial charge in [0.1, 0.15) is 6.61 Å². The molecule has 0 bridgehead atoms. The van der Waals surface area contributed by atoms with E-state index in [-0.39, 0.29) is 5.78 Å². The quantitative estimate of drug-likeness (QED) is 0.327. The van der Waals surface area contributed by atoms with Crippen molar-refractivity contribution in [3.63, 3.8) is 0 Å². The fourth-order valence-electron chi connectivity index (χ4n) is 3.70. The number of nitrogens with zero attached hydrogens (tertiary/aromatic N) is 3. The number of rotatable bonds is 11. The predicted octanol–water partition coefficient (Wildman–Crippen LogP) is 4.87. The van der Waals surface area contributed by atoms with Crippen LogP contribution in [-0.2, 0) is 6.54 Å². The van der Waals surface area contributed by atoms with Gasteiger partial charge in [-0.05, 0) is 24.1 Å². The van der Waals surface area contributed by atoms with Crippen molar-refractivity contribution >= 4 is 11.5 Å². The molecule has 0 saturated carbocycles. The zero-order valence-electron chi connectivity index (χ0n) is 18.3. The van der Waals surface area contributed by atoms with Crippen LogP contribution in [0, 0.1) is 0 Å². The summed E-state index contributed by atoms with van der Waals surface area (Å²) >= 11 is 0. The maximum atomic E-state index is 12.4. The van der Waals surface area contributed by atoms with E-state index in [2.05, 4.69) is 32.9 Å². The molecule has 1 atom stereocenters.